The molecule has 3 aromatic rings. The molecule has 0 spiro atoms. The molecule has 0 aliphatic carbocycles. The van der Waals surface area contributed by atoms with Crippen LogP contribution in [-0.2, 0) is 10.0 Å². The second kappa shape index (κ2) is 5.47. The van der Waals surface area contributed by atoms with Crippen molar-refractivity contribution in [2.75, 3.05) is 0 Å². The van der Waals surface area contributed by atoms with E-state index in [9.17, 15) is 23.8 Å². The molecule has 0 N–H and O–H groups in total. The summed E-state index contributed by atoms with van der Waals surface area (Å²) in [6.45, 7) is 0. The molecule has 1 aliphatic rings. The van der Waals surface area contributed by atoms with Gasteiger partial charge in [0.25, 0.3) is 15.7 Å². The summed E-state index contributed by atoms with van der Waals surface area (Å²) in [6, 6.07) is 12.0. The normalized spacial score (nSPS) is 15.9. The maximum atomic E-state index is 12.2. The Bertz CT molecular complexity index is 1250. The monoisotopic (exact) mass is 368 g/mol. The summed E-state index contributed by atoms with van der Waals surface area (Å²) < 4.78 is 33.6. The van der Waals surface area contributed by atoms with Crippen LogP contribution in [0.5, 0.6) is 0 Å². The van der Waals surface area contributed by atoms with Gasteiger partial charge < -0.3 is 4.42 Å². The molecular formula is C16H8N4O5S. The average molecular weight is 368 g/mol. The van der Waals surface area contributed by atoms with Crippen LogP contribution in [0.15, 0.2) is 56.2 Å². The molecule has 0 amide bonds. The van der Waals surface area contributed by atoms with E-state index in [1.807, 2.05) is 6.07 Å². The zero-order valence-electron chi connectivity index (χ0n) is 12.9. The van der Waals surface area contributed by atoms with Crippen LogP contribution in [0.25, 0.3) is 11.1 Å². The number of nitro benzene ring substituents is 1. The van der Waals surface area contributed by atoms with Crippen molar-refractivity contribution in [1.82, 2.24) is 4.98 Å². The van der Waals surface area contributed by atoms with Crippen LogP contribution in [0.2, 0.25) is 0 Å². The average Bonchev–Trinajstić information content (AvgIpc) is 3.14. The number of benzene rings is 2. The molecule has 0 saturated carbocycles. The van der Waals surface area contributed by atoms with E-state index >= 15 is 0 Å². The zero-order valence-corrected chi connectivity index (χ0v) is 13.7. The molecule has 2 aromatic carbocycles. The number of oxazole rings is 1. The van der Waals surface area contributed by atoms with Crippen molar-refractivity contribution in [2.45, 2.75) is 10.8 Å². The fourth-order valence-corrected chi connectivity index (χ4v) is 4.01. The molecule has 0 saturated heterocycles. The molecule has 1 aromatic heterocycles. The second-order valence-corrected chi connectivity index (χ2v) is 7.04. The van der Waals surface area contributed by atoms with Gasteiger partial charge in [0.05, 0.1) is 21.6 Å². The zero-order chi connectivity index (χ0) is 18.5. The van der Waals surface area contributed by atoms with Crippen molar-refractivity contribution in [2.24, 2.45) is 4.40 Å². The van der Waals surface area contributed by atoms with E-state index < -0.39 is 20.9 Å². The topological polar surface area (TPSA) is 139 Å². The summed E-state index contributed by atoms with van der Waals surface area (Å²) in [5.41, 5.74) is 0.609. The fraction of sp³-hybridized carbons (Fsp3) is 0.0625. The van der Waals surface area contributed by atoms with Gasteiger partial charge >= 0.3 is 0 Å². The highest BCUT2D eigenvalue weighted by atomic mass is 32.2. The Morgan fingerprint density at radius 2 is 2.00 bits per heavy atom. The molecule has 26 heavy (non-hydrogen) atoms. The lowest BCUT2D eigenvalue weighted by atomic mass is 9.98. The van der Waals surface area contributed by atoms with Crippen molar-refractivity contribution in [3.05, 3.63) is 64.0 Å². The minimum Gasteiger partial charge on any atom is -0.439 e. The number of fused-ring (bicyclic) bond motifs is 2. The first kappa shape index (κ1) is 15.9. The second-order valence-electron chi connectivity index (χ2n) is 5.47. The largest absolute Gasteiger partial charge is 0.439 e. The van der Waals surface area contributed by atoms with Gasteiger partial charge in [0.15, 0.2) is 11.5 Å². The molecule has 0 radical (unpaired) electrons. The standard InChI is InChI=1S/C16H8N4O5S/c17-8-11(15-10-3-1-2-4-14(10)26(23,24)19-15)16-18-12-7-9(20(21)22)5-6-13(12)25-16/h1-7,11H. The van der Waals surface area contributed by atoms with Crippen molar-refractivity contribution < 1.29 is 17.8 Å². The van der Waals surface area contributed by atoms with Crippen LogP contribution < -0.4 is 0 Å². The summed E-state index contributed by atoms with van der Waals surface area (Å²) >= 11 is 0. The first-order valence-corrected chi connectivity index (χ1v) is 8.73. The molecule has 0 fully saturated rings. The molecule has 1 unspecified atom stereocenters. The number of nitro groups is 1. The smallest absolute Gasteiger partial charge is 0.283 e. The van der Waals surface area contributed by atoms with Gasteiger partial charge in [-0.05, 0) is 12.1 Å². The molecular weight excluding hydrogens is 360 g/mol. The molecule has 1 atom stereocenters. The van der Waals surface area contributed by atoms with Gasteiger partial charge in [-0.2, -0.15) is 18.1 Å². The minimum absolute atomic E-state index is 0.0157. The minimum atomic E-state index is -3.89. The van der Waals surface area contributed by atoms with Gasteiger partial charge in [0, 0.05) is 17.7 Å². The van der Waals surface area contributed by atoms with E-state index in [0.29, 0.717) is 5.56 Å². The first-order valence-electron chi connectivity index (χ1n) is 7.29. The number of aromatic nitrogens is 1. The summed E-state index contributed by atoms with van der Waals surface area (Å²) in [5.74, 6) is -1.24. The number of non-ortho nitro benzene ring substituents is 1. The van der Waals surface area contributed by atoms with Crippen molar-refractivity contribution >= 4 is 32.5 Å². The van der Waals surface area contributed by atoms with Crippen LogP contribution >= 0.6 is 0 Å². The Balaban J connectivity index is 1.86. The molecule has 10 heteroatoms. The molecule has 128 valence electrons. The van der Waals surface area contributed by atoms with Crippen molar-refractivity contribution in [3.8, 4) is 6.07 Å². The van der Waals surface area contributed by atoms with Gasteiger partial charge in [-0.1, -0.05) is 18.2 Å². The number of sulfonamides is 1. The molecule has 0 bridgehead atoms. The molecule has 4 rings (SSSR count). The number of nitrogens with zero attached hydrogens (tertiary/aromatic N) is 4. The SMILES string of the molecule is N#CC(C1=NS(=O)(=O)c2ccccc21)c1nc2cc([N+](=O)[O-])ccc2o1. The van der Waals surface area contributed by atoms with E-state index in [-0.39, 0.29) is 33.3 Å². The van der Waals surface area contributed by atoms with E-state index in [1.54, 1.807) is 18.2 Å². The number of hydrogen-bond acceptors (Lipinski definition) is 7. The lowest BCUT2D eigenvalue weighted by Gasteiger charge is -2.05. The summed E-state index contributed by atoms with van der Waals surface area (Å²) in [6.07, 6.45) is 0. The molecule has 1 aliphatic heterocycles. The maximum absolute atomic E-state index is 12.2. The van der Waals surface area contributed by atoms with E-state index in [1.165, 1.54) is 24.3 Å². The van der Waals surface area contributed by atoms with Crippen LogP contribution in [0.4, 0.5) is 5.69 Å². The van der Waals surface area contributed by atoms with Gasteiger partial charge in [-0.25, -0.2) is 4.98 Å². The Labute approximate surface area is 146 Å². The lowest BCUT2D eigenvalue weighted by Crippen LogP contribution is -2.11. The van der Waals surface area contributed by atoms with Gasteiger partial charge in [-0.3, -0.25) is 10.1 Å². The van der Waals surface area contributed by atoms with Gasteiger partial charge in [0.1, 0.15) is 5.52 Å². The molecule has 9 nitrogen and oxygen atoms in total. The van der Waals surface area contributed by atoms with Crippen molar-refractivity contribution in [3.63, 3.8) is 0 Å². The van der Waals surface area contributed by atoms with E-state index in [2.05, 4.69) is 9.38 Å². The third kappa shape index (κ3) is 2.34. The first-order chi connectivity index (χ1) is 12.4. The van der Waals surface area contributed by atoms with Crippen LogP contribution in [0.3, 0.4) is 0 Å². The Hall–Kier alpha value is -3.58. The van der Waals surface area contributed by atoms with E-state index in [4.69, 9.17) is 4.42 Å². The third-order valence-electron chi connectivity index (χ3n) is 3.91. The summed E-state index contributed by atoms with van der Waals surface area (Å²) in [4.78, 5) is 14.4. The van der Waals surface area contributed by atoms with Gasteiger partial charge in [0.2, 0.25) is 5.89 Å². The predicted molar refractivity (Wildman–Crippen MR) is 89.2 cm³/mol. The fourth-order valence-electron chi connectivity index (χ4n) is 2.74. The quantitative estimate of drug-likeness (QED) is 0.511. The number of nitriles is 1. The van der Waals surface area contributed by atoms with E-state index in [0.717, 1.165) is 0 Å². The lowest BCUT2D eigenvalue weighted by molar-refractivity contribution is -0.384. The highest BCUT2D eigenvalue weighted by Crippen LogP contribution is 2.34. The molecule has 2 heterocycles. The Morgan fingerprint density at radius 1 is 1.23 bits per heavy atom. The Kier molecular flexibility index (Phi) is 3.35. The number of hydrogen-bond donors (Lipinski definition) is 0. The highest BCUT2D eigenvalue weighted by molar-refractivity contribution is 7.90. The third-order valence-corrected chi connectivity index (χ3v) is 5.26. The van der Waals surface area contributed by atoms with Crippen LogP contribution in [-0.4, -0.2) is 24.0 Å². The Morgan fingerprint density at radius 3 is 2.73 bits per heavy atom. The highest BCUT2D eigenvalue weighted by Gasteiger charge is 2.36. The maximum Gasteiger partial charge on any atom is 0.283 e. The summed E-state index contributed by atoms with van der Waals surface area (Å²) in [5, 5.41) is 20.4. The van der Waals surface area contributed by atoms with Crippen LogP contribution in [0.1, 0.15) is 17.4 Å². The summed E-state index contributed by atoms with van der Waals surface area (Å²) in [7, 11) is -3.89. The number of rotatable bonds is 3. The van der Waals surface area contributed by atoms with Crippen LogP contribution in [0, 0.1) is 21.4 Å². The predicted octanol–water partition coefficient (Wildman–Crippen LogP) is 2.53. The van der Waals surface area contributed by atoms with Crippen molar-refractivity contribution in [1.29, 1.82) is 5.26 Å². The van der Waals surface area contributed by atoms with Gasteiger partial charge in [-0.15, -0.1) is 0 Å².